The predicted octanol–water partition coefficient (Wildman–Crippen LogP) is 6.16. The smallest absolute Gasteiger partial charge is 0.308 e. The van der Waals surface area contributed by atoms with Gasteiger partial charge in [0.15, 0.2) is 12.1 Å². The fourth-order valence-corrected chi connectivity index (χ4v) is 9.60. The average Bonchev–Trinajstić information content (AvgIpc) is 3.79. The van der Waals surface area contributed by atoms with E-state index in [2.05, 4.69) is 58.3 Å². The van der Waals surface area contributed by atoms with E-state index in [1.165, 1.54) is 5.56 Å². The minimum atomic E-state index is -1.28. The Morgan fingerprint density at radius 1 is 0.971 bits per heavy atom. The Morgan fingerprint density at radius 2 is 1.71 bits per heavy atom. The van der Waals surface area contributed by atoms with Gasteiger partial charge in [-0.3, -0.25) is 19.5 Å². The quantitative estimate of drug-likeness (QED) is 0.105. The number of ketones is 1. The molecule has 15 nitrogen and oxygen atoms in total. The van der Waals surface area contributed by atoms with Crippen molar-refractivity contribution in [2.45, 2.75) is 142 Å². The van der Waals surface area contributed by atoms with E-state index in [9.17, 15) is 30.0 Å². The molecule has 15 heteroatoms. The molecule has 0 amide bonds. The largest absolute Gasteiger partial charge is 0.462 e. The second-order valence-corrected chi connectivity index (χ2v) is 19.6. The molecule has 2 aliphatic heterocycles. The maximum atomic E-state index is 14.0. The maximum absolute atomic E-state index is 14.0. The Balaban J connectivity index is 1.37. The molecule has 0 bridgehead atoms. The van der Waals surface area contributed by atoms with Crippen LogP contribution in [0.5, 0.6) is 0 Å². The van der Waals surface area contributed by atoms with Crippen LogP contribution in [0.4, 0.5) is 0 Å². The molecule has 68 heavy (non-hydrogen) atoms. The number of aliphatic hydroxyl groups excluding tert-OH is 4. The Morgan fingerprint density at radius 3 is 2.40 bits per heavy atom. The molecule has 4 aromatic rings. The van der Waals surface area contributed by atoms with Crippen LogP contribution in [0.25, 0.3) is 16.6 Å². The summed E-state index contributed by atoms with van der Waals surface area (Å²) in [6.45, 7) is 14.6. The number of benzene rings is 2. The van der Waals surface area contributed by atoms with Gasteiger partial charge in [-0.2, -0.15) is 0 Å². The second kappa shape index (κ2) is 24.2. The van der Waals surface area contributed by atoms with Gasteiger partial charge in [0.2, 0.25) is 0 Å². The van der Waals surface area contributed by atoms with Crippen LogP contribution in [0.1, 0.15) is 96.9 Å². The number of likely N-dealkylation sites (N-methyl/N-ethyl adjacent to an activating group) is 1. The number of carbonyl (C=O) groups excluding carboxylic acids is 2. The Labute approximate surface area is 401 Å². The number of hydrogen-bond donors (Lipinski definition) is 4. The zero-order valence-corrected chi connectivity index (χ0v) is 41.3. The fraction of sp³-hybridized carbons (Fsp3) is 0.566. The van der Waals surface area contributed by atoms with Gasteiger partial charge in [-0.15, -0.1) is 5.10 Å². The van der Waals surface area contributed by atoms with Crippen molar-refractivity contribution in [1.29, 1.82) is 0 Å². The SMILES string of the molecule is CC[C@H]1OC(=O)C[C@@H](O)[C@H](C)[C@@H](O[C@@H]2O[C@H](C)[C@@H](O)[C@H](N(C)C)[C@H]2O)[C@@H](CCN(Cc2ccc(C(C)C)cc2)Cc2cn(-c3cnc4ccccc4c3)nn2)C[C@@H](C)C(=O)/C=C/C(C)=C/[C@@H]1CO. The first-order chi connectivity index (χ1) is 32.5. The normalized spacial score (nSPS) is 30.4. The summed E-state index contributed by atoms with van der Waals surface area (Å²) in [5.41, 5.74) is 5.46. The number of aromatic nitrogens is 4. The van der Waals surface area contributed by atoms with Crippen LogP contribution in [0.15, 0.2) is 90.8 Å². The Kier molecular flexibility index (Phi) is 18.8. The molecule has 0 saturated carbocycles. The van der Waals surface area contributed by atoms with Gasteiger partial charge in [0.1, 0.15) is 12.2 Å². The molecule has 1 fully saturated rings. The summed E-state index contributed by atoms with van der Waals surface area (Å²) >= 11 is 0. The van der Waals surface area contributed by atoms with E-state index in [1.807, 2.05) is 63.4 Å². The van der Waals surface area contributed by atoms with Gasteiger partial charge in [0, 0.05) is 36.2 Å². The van der Waals surface area contributed by atoms with Crippen LogP contribution < -0.4 is 0 Å². The molecule has 1 saturated heterocycles. The van der Waals surface area contributed by atoms with Crippen LogP contribution in [0.3, 0.4) is 0 Å². The molecule has 4 N–H and O–H groups in total. The first-order valence-electron chi connectivity index (χ1n) is 24.3. The number of carbonyl (C=O) groups is 2. The highest BCUT2D eigenvalue weighted by Crippen LogP contribution is 2.35. The molecule has 2 aromatic heterocycles. The number of allylic oxidation sites excluding steroid dienone is 3. The molecule has 0 aliphatic carbocycles. The second-order valence-electron chi connectivity index (χ2n) is 19.6. The van der Waals surface area contributed by atoms with Crippen molar-refractivity contribution in [3.8, 4) is 5.69 Å². The molecule has 0 radical (unpaired) electrons. The predicted molar refractivity (Wildman–Crippen MR) is 260 cm³/mol. The van der Waals surface area contributed by atoms with Crippen LogP contribution >= 0.6 is 0 Å². The third-order valence-corrected chi connectivity index (χ3v) is 13.8. The number of ether oxygens (including phenoxy) is 3. The van der Waals surface area contributed by atoms with Gasteiger partial charge in [-0.1, -0.05) is 100 Å². The molecule has 6 rings (SSSR count). The van der Waals surface area contributed by atoms with E-state index in [0.29, 0.717) is 44.8 Å². The molecule has 12 atom stereocenters. The minimum Gasteiger partial charge on any atom is -0.462 e. The standard InChI is InChI=1S/C53H74N6O9/c1-10-47-41(31-60)23-33(4)15-20-45(61)34(5)24-40(52(35(6)46(62)26-48(63)67-47)68-53-51(65)49(57(8)9)50(64)36(7)66-53)21-22-58(28-37-16-18-38(19-17-37)32(2)3)29-42-30-59(56-55-42)43-25-39-13-11-12-14-44(39)54-27-43/h11-20,23,25,27,30,32,34-36,40-41,46-47,49-53,60,62,64-65H,10,21-22,24,26,28-29,31H2,1-9H3/b20-15+,33-23+/t34-,35+,36-,40+,41-,46-,47-,49+,50-,51-,52-,53+/m1/s1. The number of aliphatic hydroxyl groups is 4. The van der Waals surface area contributed by atoms with Crippen molar-refractivity contribution in [3.63, 3.8) is 0 Å². The highest BCUT2D eigenvalue weighted by Gasteiger charge is 2.47. The fourth-order valence-electron chi connectivity index (χ4n) is 9.60. The molecule has 2 aliphatic rings. The van der Waals surface area contributed by atoms with Gasteiger partial charge < -0.3 is 39.5 Å². The zero-order valence-electron chi connectivity index (χ0n) is 41.3. The van der Waals surface area contributed by atoms with Crippen molar-refractivity contribution >= 4 is 22.7 Å². The van der Waals surface area contributed by atoms with Crippen LogP contribution in [0, 0.1) is 23.7 Å². The molecular weight excluding hydrogens is 865 g/mol. The van der Waals surface area contributed by atoms with Crippen molar-refractivity contribution in [3.05, 3.63) is 108 Å². The Bertz CT molecular complexity index is 2320. The zero-order chi connectivity index (χ0) is 49.2. The van der Waals surface area contributed by atoms with E-state index in [1.54, 1.807) is 55.9 Å². The minimum absolute atomic E-state index is 0.110. The number of nitrogens with zero attached hydrogens (tertiary/aromatic N) is 6. The van der Waals surface area contributed by atoms with Crippen LogP contribution in [-0.4, -0.2) is 138 Å². The number of para-hydroxylation sites is 1. The monoisotopic (exact) mass is 939 g/mol. The van der Waals surface area contributed by atoms with Gasteiger partial charge in [0.05, 0.1) is 72.8 Å². The summed E-state index contributed by atoms with van der Waals surface area (Å²) in [6.07, 6.45) is 2.61. The van der Waals surface area contributed by atoms with Gasteiger partial charge in [-0.25, -0.2) is 4.68 Å². The third-order valence-electron chi connectivity index (χ3n) is 13.8. The number of esters is 1. The first kappa shape index (κ1) is 52.7. The van der Waals surface area contributed by atoms with Crippen LogP contribution in [0.2, 0.25) is 0 Å². The summed E-state index contributed by atoms with van der Waals surface area (Å²) in [5, 5.41) is 55.3. The highest BCUT2D eigenvalue weighted by molar-refractivity contribution is 5.91. The van der Waals surface area contributed by atoms with Crippen molar-refractivity contribution in [1.82, 2.24) is 29.8 Å². The van der Waals surface area contributed by atoms with Crippen molar-refractivity contribution in [2.75, 3.05) is 27.2 Å². The van der Waals surface area contributed by atoms with Gasteiger partial charge in [-0.05, 0) is 94.9 Å². The summed E-state index contributed by atoms with van der Waals surface area (Å²) in [4.78, 5) is 36.3. The number of pyridine rings is 1. The van der Waals surface area contributed by atoms with Crippen LogP contribution in [-0.2, 0) is 36.9 Å². The third kappa shape index (κ3) is 13.5. The number of cyclic esters (lactones) is 1. The summed E-state index contributed by atoms with van der Waals surface area (Å²) < 4.78 is 20.7. The summed E-state index contributed by atoms with van der Waals surface area (Å²) in [6, 6.07) is 17.8. The average molecular weight is 939 g/mol. The molecule has 2 aromatic carbocycles. The lowest BCUT2D eigenvalue weighted by Gasteiger charge is -2.46. The summed E-state index contributed by atoms with van der Waals surface area (Å²) in [7, 11) is 3.54. The van der Waals surface area contributed by atoms with Crippen molar-refractivity contribution < 1.29 is 44.2 Å². The van der Waals surface area contributed by atoms with E-state index in [0.717, 1.165) is 33.4 Å². The molecule has 4 heterocycles. The van der Waals surface area contributed by atoms with E-state index in [4.69, 9.17) is 14.2 Å². The molecule has 0 spiro atoms. The van der Waals surface area contributed by atoms with E-state index < -0.39 is 78.6 Å². The van der Waals surface area contributed by atoms with E-state index in [-0.39, 0.29) is 18.8 Å². The highest BCUT2D eigenvalue weighted by atomic mass is 16.7. The lowest BCUT2D eigenvalue weighted by Crippen LogP contribution is -2.63. The number of fused-ring (bicyclic) bond motifs is 1. The van der Waals surface area contributed by atoms with Crippen molar-refractivity contribution in [2.24, 2.45) is 23.7 Å². The molecular formula is C53H74N6O9. The summed E-state index contributed by atoms with van der Waals surface area (Å²) in [5.74, 6) is -2.56. The Hall–Kier alpha value is -4.71. The van der Waals surface area contributed by atoms with E-state index >= 15 is 0 Å². The number of rotatable bonds is 14. The lowest BCUT2D eigenvalue weighted by molar-refractivity contribution is -0.304. The molecule has 370 valence electrons. The topological polar surface area (TPSA) is 193 Å². The number of hydrogen-bond acceptors (Lipinski definition) is 14. The van der Waals surface area contributed by atoms with Gasteiger partial charge in [0.25, 0.3) is 0 Å². The maximum Gasteiger partial charge on any atom is 0.308 e. The lowest BCUT2D eigenvalue weighted by atomic mass is 9.79. The van der Waals surface area contributed by atoms with Gasteiger partial charge >= 0.3 is 5.97 Å². The molecule has 0 unspecified atom stereocenters. The first-order valence-corrected chi connectivity index (χ1v) is 24.3.